The van der Waals surface area contributed by atoms with Crippen LogP contribution >= 0.6 is 11.6 Å². The summed E-state index contributed by atoms with van der Waals surface area (Å²) in [6.07, 6.45) is 2.87. The zero-order valence-electron chi connectivity index (χ0n) is 12.1. The second-order valence-corrected chi connectivity index (χ2v) is 6.01. The molecule has 0 fully saturated rings. The Balaban J connectivity index is 1.65. The monoisotopic (exact) mass is 315 g/mol. The van der Waals surface area contributed by atoms with Gasteiger partial charge in [-0.25, -0.2) is 4.79 Å². The fourth-order valence-electron chi connectivity index (χ4n) is 2.69. The Morgan fingerprint density at radius 1 is 1.05 bits per heavy atom. The van der Waals surface area contributed by atoms with Crippen LogP contribution in [-0.2, 0) is 12.8 Å². The molecule has 0 aromatic heterocycles. The molecule has 2 amide bonds. The van der Waals surface area contributed by atoms with Crippen molar-refractivity contribution in [1.82, 2.24) is 0 Å². The first-order chi connectivity index (χ1) is 10.6. The molecule has 4 N–H and O–H groups in total. The maximum absolute atomic E-state index is 12.0. The van der Waals surface area contributed by atoms with Gasteiger partial charge in [0.1, 0.15) is 0 Å². The van der Waals surface area contributed by atoms with Gasteiger partial charge in [-0.2, -0.15) is 0 Å². The van der Waals surface area contributed by atoms with E-state index in [0.29, 0.717) is 10.7 Å². The number of nitrogens with one attached hydrogen (secondary N) is 2. The fraction of sp³-hybridized carbons (Fsp3) is 0.235. The summed E-state index contributed by atoms with van der Waals surface area (Å²) >= 11 is 5.82. The van der Waals surface area contributed by atoms with Gasteiger partial charge in [-0.05, 0) is 66.8 Å². The summed E-state index contributed by atoms with van der Waals surface area (Å²) < 4.78 is 0. The van der Waals surface area contributed by atoms with Crippen LogP contribution in [0.2, 0.25) is 5.02 Å². The first-order valence-corrected chi connectivity index (χ1v) is 7.69. The Hall–Kier alpha value is -2.04. The second-order valence-electron chi connectivity index (χ2n) is 5.57. The fourth-order valence-corrected chi connectivity index (χ4v) is 2.81. The number of aryl methyl sites for hydroxylation is 1. The van der Waals surface area contributed by atoms with Crippen molar-refractivity contribution >= 4 is 29.0 Å². The third kappa shape index (κ3) is 3.59. The highest BCUT2D eigenvalue weighted by Gasteiger charge is 2.15. The normalized spacial score (nSPS) is 16.7. The average Bonchev–Trinajstić information content (AvgIpc) is 2.50. The molecular formula is C17H18ClN3O. The highest BCUT2D eigenvalue weighted by atomic mass is 35.5. The van der Waals surface area contributed by atoms with Crippen molar-refractivity contribution in [3.05, 3.63) is 58.6 Å². The number of nitrogens with two attached hydrogens (primary N) is 1. The molecule has 22 heavy (non-hydrogen) atoms. The summed E-state index contributed by atoms with van der Waals surface area (Å²) in [6.45, 7) is 0. The maximum atomic E-state index is 12.0. The van der Waals surface area contributed by atoms with Crippen molar-refractivity contribution in [3.8, 4) is 0 Å². The van der Waals surface area contributed by atoms with Crippen molar-refractivity contribution in [1.29, 1.82) is 0 Å². The van der Waals surface area contributed by atoms with Crippen molar-refractivity contribution in [2.45, 2.75) is 25.3 Å². The number of amides is 2. The third-order valence-electron chi connectivity index (χ3n) is 3.83. The van der Waals surface area contributed by atoms with E-state index in [9.17, 15) is 4.79 Å². The number of rotatable bonds is 2. The van der Waals surface area contributed by atoms with E-state index in [1.165, 1.54) is 11.1 Å². The van der Waals surface area contributed by atoms with Crippen LogP contribution in [0.1, 0.15) is 17.5 Å². The molecule has 2 aromatic carbocycles. The third-order valence-corrected chi connectivity index (χ3v) is 4.08. The average molecular weight is 316 g/mol. The Morgan fingerprint density at radius 3 is 2.50 bits per heavy atom. The summed E-state index contributed by atoms with van der Waals surface area (Å²) in [5.74, 6) is 0. The van der Waals surface area contributed by atoms with Gasteiger partial charge in [-0.3, -0.25) is 0 Å². The lowest BCUT2D eigenvalue weighted by Gasteiger charge is -2.22. The van der Waals surface area contributed by atoms with Crippen molar-refractivity contribution in [3.63, 3.8) is 0 Å². The summed E-state index contributed by atoms with van der Waals surface area (Å²) in [6, 6.07) is 13.0. The number of urea groups is 1. The molecule has 0 bridgehead atoms. The van der Waals surface area contributed by atoms with Gasteiger partial charge in [-0.15, -0.1) is 0 Å². The Kier molecular flexibility index (Phi) is 4.32. The molecule has 0 spiro atoms. The number of hydrogen-bond donors (Lipinski definition) is 3. The van der Waals surface area contributed by atoms with Gasteiger partial charge in [0.05, 0.1) is 0 Å². The van der Waals surface area contributed by atoms with Crippen molar-refractivity contribution < 1.29 is 4.79 Å². The molecule has 0 heterocycles. The molecule has 1 atom stereocenters. The first kappa shape index (κ1) is 14.9. The van der Waals surface area contributed by atoms with Gasteiger partial charge >= 0.3 is 6.03 Å². The molecule has 2 aromatic rings. The summed E-state index contributed by atoms with van der Waals surface area (Å²) in [5.41, 5.74) is 10.0. The van der Waals surface area contributed by atoms with Gasteiger partial charge in [0.25, 0.3) is 0 Å². The predicted octanol–water partition coefficient (Wildman–Crippen LogP) is 3.80. The zero-order valence-corrected chi connectivity index (χ0v) is 12.9. The Labute approximate surface area is 134 Å². The van der Waals surface area contributed by atoms with Crippen LogP contribution in [0.5, 0.6) is 0 Å². The lowest BCUT2D eigenvalue weighted by atomic mass is 9.88. The van der Waals surface area contributed by atoms with Crippen LogP contribution in [0.15, 0.2) is 42.5 Å². The molecule has 0 radical (unpaired) electrons. The van der Waals surface area contributed by atoms with Crippen LogP contribution < -0.4 is 16.4 Å². The highest BCUT2D eigenvalue weighted by molar-refractivity contribution is 6.30. The quantitative estimate of drug-likeness (QED) is 0.789. The first-order valence-electron chi connectivity index (χ1n) is 7.31. The molecule has 0 unspecified atom stereocenters. The minimum atomic E-state index is -0.269. The van der Waals surface area contributed by atoms with E-state index >= 15 is 0 Å². The largest absolute Gasteiger partial charge is 0.327 e. The molecule has 0 saturated heterocycles. The number of carbonyl (C=O) groups is 1. The summed E-state index contributed by atoms with van der Waals surface area (Å²) in [4.78, 5) is 12.0. The summed E-state index contributed by atoms with van der Waals surface area (Å²) in [5, 5.41) is 6.27. The van der Waals surface area contributed by atoms with Gasteiger partial charge in [0.15, 0.2) is 0 Å². The number of hydrogen-bond acceptors (Lipinski definition) is 2. The minimum Gasteiger partial charge on any atom is -0.327 e. The number of benzene rings is 2. The van der Waals surface area contributed by atoms with E-state index in [1.54, 1.807) is 24.3 Å². The van der Waals surface area contributed by atoms with Crippen molar-refractivity contribution in [2.75, 3.05) is 10.6 Å². The lowest BCUT2D eigenvalue weighted by Crippen LogP contribution is -2.28. The van der Waals surface area contributed by atoms with Crippen LogP contribution in [0, 0.1) is 0 Å². The van der Waals surface area contributed by atoms with Gasteiger partial charge in [0.2, 0.25) is 0 Å². The van der Waals surface area contributed by atoms with Gasteiger partial charge in [-0.1, -0.05) is 17.7 Å². The molecule has 1 aliphatic rings. The molecule has 3 rings (SSSR count). The molecule has 4 nitrogen and oxygen atoms in total. The zero-order chi connectivity index (χ0) is 15.5. The molecule has 114 valence electrons. The van der Waals surface area contributed by atoms with E-state index in [1.807, 2.05) is 18.2 Å². The Bertz CT molecular complexity index is 685. The van der Waals surface area contributed by atoms with Gasteiger partial charge in [0, 0.05) is 22.4 Å². The molecular weight excluding hydrogens is 298 g/mol. The molecule has 0 aliphatic heterocycles. The number of carbonyl (C=O) groups excluding carboxylic acids is 1. The van der Waals surface area contributed by atoms with E-state index in [-0.39, 0.29) is 12.1 Å². The van der Waals surface area contributed by atoms with Crippen molar-refractivity contribution in [2.24, 2.45) is 5.73 Å². The minimum absolute atomic E-state index is 0.250. The molecule has 1 aliphatic carbocycles. The highest BCUT2D eigenvalue weighted by Crippen LogP contribution is 2.24. The topological polar surface area (TPSA) is 67.1 Å². The van der Waals surface area contributed by atoms with E-state index in [4.69, 9.17) is 17.3 Å². The molecule has 0 saturated carbocycles. The van der Waals surface area contributed by atoms with E-state index < -0.39 is 0 Å². The number of halogens is 1. The molecule has 5 heteroatoms. The lowest BCUT2D eigenvalue weighted by molar-refractivity contribution is 0.262. The second kappa shape index (κ2) is 6.38. The predicted molar refractivity (Wildman–Crippen MR) is 90.5 cm³/mol. The smallest absolute Gasteiger partial charge is 0.323 e. The van der Waals surface area contributed by atoms with Crippen LogP contribution in [0.4, 0.5) is 16.2 Å². The SMILES string of the molecule is N[C@H]1CCc2cc(NC(=O)Nc3ccc(Cl)cc3)ccc2C1. The van der Waals surface area contributed by atoms with Crippen LogP contribution in [-0.4, -0.2) is 12.1 Å². The maximum Gasteiger partial charge on any atom is 0.323 e. The number of anilines is 2. The van der Waals surface area contributed by atoms with Crippen LogP contribution in [0.25, 0.3) is 0 Å². The van der Waals surface area contributed by atoms with Gasteiger partial charge < -0.3 is 16.4 Å². The van der Waals surface area contributed by atoms with Crippen LogP contribution in [0.3, 0.4) is 0 Å². The van der Waals surface area contributed by atoms with E-state index in [0.717, 1.165) is 24.9 Å². The van der Waals surface area contributed by atoms with E-state index in [2.05, 4.69) is 10.6 Å². The summed E-state index contributed by atoms with van der Waals surface area (Å²) in [7, 11) is 0. The standard InChI is InChI=1S/C17H18ClN3O/c18-13-3-7-15(8-4-13)20-17(22)21-16-6-2-11-9-14(19)5-1-12(11)10-16/h2-4,6-8,10,14H,1,5,9,19H2,(H2,20,21,22)/t14-/m0/s1. The Morgan fingerprint density at radius 2 is 1.73 bits per heavy atom. The number of fused-ring (bicyclic) bond motifs is 1.